The van der Waals surface area contributed by atoms with Crippen molar-refractivity contribution in [1.82, 2.24) is 15.1 Å². The van der Waals surface area contributed by atoms with E-state index in [1.54, 1.807) is 6.20 Å². The summed E-state index contributed by atoms with van der Waals surface area (Å²) in [5.41, 5.74) is 2.09. The molecule has 23 heavy (non-hydrogen) atoms. The van der Waals surface area contributed by atoms with Crippen molar-refractivity contribution in [3.05, 3.63) is 53.9 Å². The average molecular weight is 313 g/mol. The molecule has 1 amide bonds. The van der Waals surface area contributed by atoms with Gasteiger partial charge in [-0.15, -0.1) is 0 Å². The predicted octanol–water partition coefficient (Wildman–Crippen LogP) is 2.86. The van der Waals surface area contributed by atoms with Gasteiger partial charge in [-0.25, -0.2) is 0 Å². The number of benzene rings is 1. The van der Waals surface area contributed by atoms with E-state index < -0.39 is 0 Å². The van der Waals surface area contributed by atoms with Gasteiger partial charge in [0.25, 0.3) is 0 Å². The summed E-state index contributed by atoms with van der Waals surface area (Å²) in [4.78, 5) is 12.7. The van der Waals surface area contributed by atoms with Crippen LogP contribution in [0.3, 0.4) is 0 Å². The number of ether oxygens (including phenoxy) is 1. The van der Waals surface area contributed by atoms with Crippen molar-refractivity contribution in [2.24, 2.45) is 5.92 Å². The Hall–Kier alpha value is -2.14. The maximum Gasteiger partial charge on any atom is 0.226 e. The maximum absolute atomic E-state index is 12.7. The van der Waals surface area contributed by atoms with E-state index in [4.69, 9.17) is 4.74 Å². The van der Waals surface area contributed by atoms with Crippen molar-refractivity contribution < 1.29 is 9.53 Å². The molecule has 122 valence electrons. The second-order valence-electron chi connectivity index (χ2n) is 5.96. The van der Waals surface area contributed by atoms with Gasteiger partial charge in [0.1, 0.15) is 0 Å². The third kappa shape index (κ3) is 3.45. The molecule has 2 heterocycles. The lowest BCUT2D eigenvalue weighted by molar-refractivity contribution is -0.127. The number of nitrogens with zero attached hydrogens (tertiary/aromatic N) is 2. The molecule has 1 unspecified atom stereocenters. The number of carbonyl (C=O) groups excluding carboxylic acids is 1. The smallest absolute Gasteiger partial charge is 0.226 e. The number of carbonyl (C=O) groups is 1. The van der Waals surface area contributed by atoms with Gasteiger partial charge in [0.05, 0.1) is 24.3 Å². The SMILES string of the molecule is CCn1cc([C@H]2OCC[C@@H]2C(=O)NC(C)c2ccccc2)cn1. The van der Waals surface area contributed by atoms with Crippen LogP contribution in [0.4, 0.5) is 0 Å². The zero-order chi connectivity index (χ0) is 16.2. The van der Waals surface area contributed by atoms with Crippen LogP contribution < -0.4 is 5.32 Å². The summed E-state index contributed by atoms with van der Waals surface area (Å²) in [7, 11) is 0. The normalized spacial score (nSPS) is 22.0. The quantitative estimate of drug-likeness (QED) is 0.923. The van der Waals surface area contributed by atoms with E-state index in [0.29, 0.717) is 6.61 Å². The minimum absolute atomic E-state index is 0.0108. The Morgan fingerprint density at radius 1 is 1.43 bits per heavy atom. The molecule has 0 bridgehead atoms. The van der Waals surface area contributed by atoms with Crippen LogP contribution in [0.1, 0.15) is 43.5 Å². The summed E-state index contributed by atoms with van der Waals surface area (Å²) in [6.07, 6.45) is 4.32. The predicted molar refractivity (Wildman–Crippen MR) is 87.7 cm³/mol. The fourth-order valence-corrected chi connectivity index (χ4v) is 3.03. The Balaban J connectivity index is 1.68. The van der Waals surface area contributed by atoms with Crippen LogP contribution in [0.5, 0.6) is 0 Å². The van der Waals surface area contributed by atoms with Gasteiger partial charge in [-0.2, -0.15) is 5.10 Å². The van der Waals surface area contributed by atoms with E-state index in [1.165, 1.54) is 0 Å². The minimum atomic E-state index is -0.196. The van der Waals surface area contributed by atoms with E-state index in [1.807, 2.05) is 55.1 Å². The molecule has 1 aromatic heterocycles. The van der Waals surface area contributed by atoms with Crippen LogP contribution in [0.25, 0.3) is 0 Å². The van der Waals surface area contributed by atoms with E-state index in [0.717, 1.165) is 24.1 Å². The summed E-state index contributed by atoms with van der Waals surface area (Å²) < 4.78 is 7.66. The lowest BCUT2D eigenvalue weighted by Gasteiger charge is -2.20. The highest BCUT2D eigenvalue weighted by atomic mass is 16.5. The largest absolute Gasteiger partial charge is 0.373 e. The Morgan fingerprint density at radius 2 is 2.22 bits per heavy atom. The molecule has 3 atom stereocenters. The van der Waals surface area contributed by atoms with Crippen LogP contribution in [0, 0.1) is 5.92 Å². The number of hydrogen-bond acceptors (Lipinski definition) is 3. The number of aromatic nitrogens is 2. The lowest BCUT2D eigenvalue weighted by atomic mass is 9.95. The molecular weight excluding hydrogens is 290 g/mol. The Kier molecular flexibility index (Phi) is 4.76. The Morgan fingerprint density at radius 3 is 2.91 bits per heavy atom. The first-order valence-corrected chi connectivity index (χ1v) is 8.18. The highest BCUT2D eigenvalue weighted by Crippen LogP contribution is 2.34. The van der Waals surface area contributed by atoms with E-state index in [9.17, 15) is 4.79 Å². The van der Waals surface area contributed by atoms with Gasteiger partial charge in [-0.05, 0) is 25.8 Å². The van der Waals surface area contributed by atoms with E-state index >= 15 is 0 Å². The number of rotatable bonds is 5. The summed E-state index contributed by atoms with van der Waals surface area (Å²) in [6.45, 7) is 5.47. The van der Waals surface area contributed by atoms with Crippen molar-refractivity contribution in [2.45, 2.75) is 39.0 Å². The topological polar surface area (TPSA) is 56.1 Å². The van der Waals surface area contributed by atoms with Crippen molar-refractivity contribution in [2.75, 3.05) is 6.61 Å². The fraction of sp³-hybridized carbons (Fsp3) is 0.444. The summed E-state index contributed by atoms with van der Waals surface area (Å²) in [6, 6.07) is 9.99. The highest BCUT2D eigenvalue weighted by Gasteiger charge is 2.36. The van der Waals surface area contributed by atoms with Gasteiger partial charge in [0.15, 0.2) is 0 Å². The second-order valence-corrected chi connectivity index (χ2v) is 5.96. The highest BCUT2D eigenvalue weighted by molar-refractivity contribution is 5.80. The van der Waals surface area contributed by atoms with Crippen molar-refractivity contribution in [3.63, 3.8) is 0 Å². The van der Waals surface area contributed by atoms with Crippen LogP contribution >= 0.6 is 0 Å². The van der Waals surface area contributed by atoms with Crippen LogP contribution in [0.2, 0.25) is 0 Å². The Labute approximate surface area is 136 Å². The molecular formula is C18H23N3O2. The molecule has 0 aliphatic carbocycles. The summed E-state index contributed by atoms with van der Waals surface area (Å²) >= 11 is 0. The molecule has 0 radical (unpaired) electrons. The van der Waals surface area contributed by atoms with Gasteiger partial charge in [-0.3, -0.25) is 9.48 Å². The third-order valence-corrected chi connectivity index (χ3v) is 4.39. The standard InChI is InChI=1S/C18H23N3O2/c1-3-21-12-15(11-19-21)17-16(9-10-23-17)18(22)20-13(2)14-7-5-4-6-8-14/h4-8,11-13,16-17H,3,9-10H2,1-2H3,(H,20,22)/t13?,16-,17+/m0/s1. The zero-order valence-electron chi connectivity index (χ0n) is 13.6. The van der Waals surface area contributed by atoms with Crippen LogP contribution in [-0.4, -0.2) is 22.3 Å². The molecule has 5 nitrogen and oxygen atoms in total. The van der Waals surface area contributed by atoms with Crippen molar-refractivity contribution in [3.8, 4) is 0 Å². The van der Waals surface area contributed by atoms with E-state index in [2.05, 4.69) is 10.4 Å². The van der Waals surface area contributed by atoms with Gasteiger partial charge >= 0.3 is 0 Å². The first-order chi connectivity index (χ1) is 11.2. The van der Waals surface area contributed by atoms with E-state index in [-0.39, 0.29) is 24.0 Å². The average Bonchev–Trinajstić information content (AvgIpc) is 3.24. The summed E-state index contributed by atoms with van der Waals surface area (Å²) in [5, 5.41) is 7.40. The van der Waals surface area contributed by atoms with Crippen molar-refractivity contribution in [1.29, 1.82) is 0 Å². The molecule has 3 rings (SSSR count). The first-order valence-electron chi connectivity index (χ1n) is 8.18. The third-order valence-electron chi connectivity index (χ3n) is 4.39. The zero-order valence-corrected chi connectivity index (χ0v) is 13.6. The molecule has 1 fully saturated rings. The maximum atomic E-state index is 12.7. The number of aryl methyl sites for hydroxylation is 1. The summed E-state index contributed by atoms with van der Waals surface area (Å²) in [5.74, 6) is -0.108. The van der Waals surface area contributed by atoms with Gasteiger partial charge in [-0.1, -0.05) is 30.3 Å². The van der Waals surface area contributed by atoms with Gasteiger partial charge < -0.3 is 10.1 Å². The molecule has 1 saturated heterocycles. The van der Waals surface area contributed by atoms with Crippen LogP contribution in [0.15, 0.2) is 42.7 Å². The number of hydrogen-bond donors (Lipinski definition) is 1. The first kappa shape index (κ1) is 15.7. The number of nitrogens with one attached hydrogen (secondary N) is 1. The Bertz CT molecular complexity index is 653. The fourth-order valence-electron chi connectivity index (χ4n) is 3.03. The molecule has 1 aliphatic rings. The van der Waals surface area contributed by atoms with Crippen molar-refractivity contribution >= 4 is 5.91 Å². The molecule has 1 aliphatic heterocycles. The lowest BCUT2D eigenvalue weighted by Crippen LogP contribution is -2.34. The second kappa shape index (κ2) is 6.96. The molecule has 1 N–H and O–H groups in total. The molecule has 2 aromatic rings. The van der Waals surface area contributed by atoms with Gasteiger partial charge in [0, 0.05) is 24.9 Å². The molecule has 0 saturated carbocycles. The minimum Gasteiger partial charge on any atom is -0.373 e. The monoisotopic (exact) mass is 313 g/mol. The van der Waals surface area contributed by atoms with Gasteiger partial charge in [0.2, 0.25) is 5.91 Å². The molecule has 1 aromatic carbocycles. The molecule has 5 heteroatoms. The number of amides is 1. The van der Waals surface area contributed by atoms with Crippen LogP contribution in [-0.2, 0) is 16.1 Å². The molecule has 0 spiro atoms.